The fraction of sp³-hybridized carbons (Fsp3) is 0.500. The summed E-state index contributed by atoms with van der Waals surface area (Å²) < 4.78 is 0. The Kier molecular flexibility index (Phi) is 5.34. The Balaban J connectivity index is 2.98. The van der Waals surface area contributed by atoms with Crippen molar-refractivity contribution in [2.24, 2.45) is 0 Å². The predicted octanol–water partition coefficient (Wildman–Crippen LogP) is 2.86. The lowest BCUT2D eigenvalue weighted by atomic mass is 9.76. The van der Waals surface area contributed by atoms with Gasteiger partial charge in [0, 0.05) is 0 Å². The van der Waals surface area contributed by atoms with Crippen LogP contribution in [0.3, 0.4) is 0 Å². The molecule has 0 N–H and O–H groups in total. The molecule has 1 aromatic carbocycles. The standard InChI is InChI=1S/C14H20BrNO/c1-14(13(17)11-15,9-10-16(2)3)12-7-5-4-6-8-12/h4-8H,9-11H2,1-3H3/t14-/m1/s1. The molecule has 0 radical (unpaired) electrons. The van der Waals surface area contributed by atoms with Crippen molar-refractivity contribution in [2.45, 2.75) is 18.8 Å². The molecule has 0 fully saturated rings. The van der Waals surface area contributed by atoms with Gasteiger partial charge in [0.1, 0.15) is 0 Å². The van der Waals surface area contributed by atoms with Gasteiger partial charge >= 0.3 is 0 Å². The first-order valence-electron chi connectivity index (χ1n) is 5.80. The molecule has 0 saturated carbocycles. The van der Waals surface area contributed by atoms with E-state index in [0.29, 0.717) is 5.33 Å². The highest BCUT2D eigenvalue weighted by Gasteiger charge is 2.33. The number of hydrogen-bond acceptors (Lipinski definition) is 2. The van der Waals surface area contributed by atoms with Gasteiger partial charge in [-0.15, -0.1) is 0 Å². The first-order chi connectivity index (χ1) is 8.00. The molecular formula is C14H20BrNO. The SMILES string of the molecule is CN(C)CC[C@@](C)(C(=O)CBr)c1ccccc1. The largest absolute Gasteiger partial charge is 0.309 e. The van der Waals surface area contributed by atoms with Gasteiger partial charge in [-0.2, -0.15) is 0 Å². The molecule has 0 aliphatic rings. The smallest absolute Gasteiger partial charge is 0.153 e. The number of halogens is 1. The molecule has 0 saturated heterocycles. The minimum Gasteiger partial charge on any atom is -0.309 e. The molecule has 94 valence electrons. The Labute approximate surface area is 112 Å². The second kappa shape index (κ2) is 6.31. The quantitative estimate of drug-likeness (QED) is 0.753. The summed E-state index contributed by atoms with van der Waals surface area (Å²) in [5, 5.41) is 0.409. The Morgan fingerprint density at radius 3 is 2.35 bits per heavy atom. The maximum absolute atomic E-state index is 12.2. The Morgan fingerprint density at radius 1 is 1.29 bits per heavy atom. The summed E-state index contributed by atoms with van der Waals surface area (Å²) in [5.74, 6) is 0.241. The van der Waals surface area contributed by atoms with Crippen LogP contribution in [0.4, 0.5) is 0 Å². The summed E-state index contributed by atoms with van der Waals surface area (Å²) in [5.41, 5.74) is 0.709. The van der Waals surface area contributed by atoms with Crippen LogP contribution in [0.1, 0.15) is 18.9 Å². The number of nitrogens with zero attached hydrogens (tertiary/aromatic N) is 1. The average Bonchev–Trinajstić information content (AvgIpc) is 2.36. The summed E-state index contributed by atoms with van der Waals surface area (Å²) in [6.07, 6.45) is 0.842. The topological polar surface area (TPSA) is 20.3 Å². The molecule has 1 rings (SSSR count). The summed E-state index contributed by atoms with van der Waals surface area (Å²) in [6, 6.07) is 10.0. The second-order valence-electron chi connectivity index (χ2n) is 4.81. The molecular weight excluding hydrogens is 278 g/mol. The zero-order chi connectivity index (χ0) is 12.9. The van der Waals surface area contributed by atoms with Crippen molar-refractivity contribution in [1.82, 2.24) is 4.90 Å². The maximum Gasteiger partial charge on any atom is 0.153 e. The highest BCUT2D eigenvalue weighted by molar-refractivity contribution is 9.09. The van der Waals surface area contributed by atoms with Crippen LogP contribution in [0.5, 0.6) is 0 Å². The van der Waals surface area contributed by atoms with Gasteiger partial charge in [0.15, 0.2) is 5.78 Å². The van der Waals surface area contributed by atoms with Gasteiger partial charge in [-0.05, 0) is 39.5 Å². The Hall–Kier alpha value is -0.670. The minimum absolute atomic E-state index is 0.241. The molecule has 1 atom stereocenters. The van der Waals surface area contributed by atoms with E-state index in [1.807, 2.05) is 51.4 Å². The lowest BCUT2D eigenvalue weighted by Gasteiger charge is -2.29. The van der Waals surface area contributed by atoms with Gasteiger partial charge in [0.25, 0.3) is 0 Å². The zero-order valence-electron chi connectivity index (χ0n) is 10.7. The summed E-state index contributed by atoms with van der Waals surface area (Å²) >= 11 is 3.29. The number of benzene rings is 1. The van der Waals surface area contributed by atoms with E-state index in [0.717, 1.165) is 18.5 Å². The molecule has 0 spiro atoms. The van der Waals surface area contributed by atoms with Crippen molar-refractivity contribution in [1.29, 1.82) is 0 Å². The van der Waals surface area contributed by atoms with Gasteiger partial charge in [0.05, 0.1) is 10.7 Å². The highest BCUT2D eigenvalue weighted by Crippen LogP contribution is 2.29. The van der Waals surface area contributed by atoms with E-state index >= 15 is 0 Å². The lowest BCUT2D eigenvalue weighted by Crippen LogP contribution is -2.36. The number of Topliss-reactive ketones (excluding diaryl/α,β-unsaturated/α-hetero) is 1. The molecule has 1 aromatic rings. The van der Waals surface area contributed by atoms with Gasteiger partial charge in [-0.25, -0.2) is 0 Å². The minimum atomic E-state index is -0.394. The van der Waals surface area contributed by atoms with Crippen LogP contribution in [0, 0.1) is 0 Å². The molecule has 0 heterocycles. The van der Waals surface area contributed by atoms with Crippen LogP contribution >= 0.6 is 15.9 Å². The van der Waals surface area contributed by atoms with Gasteiger partial charge in [0.2, 0.25) is 0 Å². The molecule has 0 aliphatic heterocycles. The van der Waals surface area contributed by atoms with E-state index < -0.39 is 5.41 Å². The van der Waals surface area contributed by atoms with E-state index in [1.54, 1.807) is 0 Å². The first-order valence-corrected chi connectivity index (χ1v) is 6.92. The summed E-state index contributed by atoms with van der Waals surface area (Å²) in [7, 11) is 4.06. The number of rotatable bonds is 6. The number of alkyl halides is 1. The zero-order valence-corrected chi connectivity index (χ0v) is 12.3. The molecule has 2 nitrogen and oxygen atoms in total. The van der Waals surface area contributed by atoms with E-state index in [9.17, 15) is 4.79 Å². The second-order valence-corrected chi connectivity index (χ2v) is 5.37. The number of hydrogen-bond donors (Lipinski definition) is 0. The fourth-order valence-electron chi connectivity index (χ4n) is 1.85. The third kappa shape index (κ3) is 3.65. The molecule has 3 heteroatoms. The van der Waals surface area contributed by atoms with Crippen LogP contribution in [-0.2, 0) is 10.2 Å². The number of ketones is 1. The van der Waals surface area contributed by atoms with Gasteiger partial charge in [-0.3, -0.25) is 4.79 Å². The lowest BCUT2D eigenvalue weighted by molar-refractivity contribution is -0.121. The fourth-order valence-corrected chi connectivity index (χ4v) is 2.46. The van der Waals surface area contributed by atoms with Gasteiger partial charge < -0.3 is 4.90 Å². The molecule has 0 bridgehead atoms. The third-order valence-corrected chi connectivity index (χ3v) is 3.72. The average molecular weight is 298 g/mol. The van der Waals surface area contributed by atoms with Gasteiger partial charge in [-0.1, -0.05) is 46.3 Å². The highest BCUT2D eigenvalue weighted by atomic mass is 79.9. The predicted molar refractivity (Wildman–Crippen MR) is 75.8 cm³/mol. The molecule has 0 amide bonds. The molecule has 0 unspecified atom stereocenters. The monoisotopic (exact) mass is 297 g/mol. The van der Waals surface area contributed by atoms with Crippen LogP contribution in [0.2, 0.25) is 0 Å². The molecule has 0 aromatic heterocycles. The van der Waals surface area contributed by atoms with Crippen molar-refractivity contribution in [3.8, 4) is 0 Å². The van der Waals surface area contributed by atoms with E-state index in [1.165, 1.54) is 0 Å². The van der Waals surface area contributed by atoms with Crippen molar-refractivity contribution in [3.63, 3.8) is 0 Å². The van der Waals surface area contributed by atoms with E-state index in [2.05, 4.69) is 20.8 Å². The molecule has 17 heavy (non-hydrogen) atoms. The third-order valence-electron chi connectivity index (χ3n) is 3.21. The Morgan fingerprint density at radius 2 is 1.88 bits per heavy atom. The summed E-state index contributed by atoms with van der Waals surface area (Å²) in [4.78, 5) is 14.3. The Bertz CT molecular complexity index is 364. The normalized spacial score (nSPS) is 14.6. The van der Waals surface area contributed by atoms with Crippen molar-refractivity contribution < 1.29 is 4.79 Å². The number of carbonyl (C=O) groups excluding carboxylic acids is 1. The van der Waals surface area contributed by atoms with Crippen molar-refractivity contribution in [3.05, 3.63) is 35.9 Å². The van der Waals surface area contributed by atoms with E-state index in [-0.39, 0.29) is 5.78 Å². The first kappa shape index (κ1) is 14.4. The van der Waals surface area contributed by atoms with Crippen LogP contribution in [0.25, 0.3) is 0 Å². The van der Waals surface area contributed by atoms with Crippen molar-refractivity contribution in [2.75, 3.05) is 26.0 Å². The van der Waals surface area contributed by atoms with Crippen LogP contribution in [-0.4, -0.2) is 36.7 Å². The molecule has 0 aliphatic carbocycles. The summed E-state index contributed by atoms with van der Waals surface area (Å²) in [6.45, 7) is 2.94. The van der Waals surface area contributed by atoms with Crippen molar-refractivity contribution >= 4 is 21.7 Å². The van der Waals surface area contributed by atoms with Crippen LogP contribution in [0.15, 0.2) is 30.3 Å². The van der Waals surface area contributed by atoms with E-state index in [4.69, 9.17) is 0 Å². The number of carbonyl (C=O) groups is 1. The maximum atomic E-state index is 12.2. The van der Waals surface area contributed by atoms with Crippen LogP contribution < -0.4 is 0 Å².